The number of hydrogen-bond acceptors (Lipinski definition) is 1. The van der Waals surface area contributed by atoms with Crippen molar-refractivity contribution in [2.75, 3.05) is 5.32 Å². The Balaban J connectivity index is 1.81. The summed E-state index contributed by atoms with van der Waals surface area (Å²) in [5.41, 5.74) is 3.81. The maximum absolute atomic E-state index is 5.97. The molecular formula is C17H18ClN. The average molecular weight is 272 g/mol. The number of benzene rings is 2. The summed E-state index contributed by atoms with van der Waals surface area (Å²) in [6.45, 7) is 2.11. The third-order valence-electron chi connectivity index (χ3n) is 3.70. The molecule has 0 aromatic heterocycles. The van der Waals surface area contributed by atoms with Crippen LogP contribution in [0.4, 0.5) is 5.69 Å². The van der Waals surface area contributed by atoms with Crippen LogP contribution in [-0.4, -0.2) is 0 Å². The Kier molecular flexibility index (Phi) is 3.48. The van der Waals surface area contributed by atoms with E-state index in [0.717, 1.165) is 10.9 Å². The first kappa shape index (κ1) is 12.6. The molecule has 2 heteroatoms. The molecule has 2 aromatic rings. The largest absolute Gasteiger partial charge is 0.378 e. The van der Waals surface area contributed by atoms with Gasteiger partial charge in [-0.15, -0.1) is 0 Å². The van der Waals surface area contributed by atoms with Crippen molar-refractivity contribution < 1.29 is 0 Å². The van der Waals surface area contributed by atoms with Gasteiger partial charge in [-0.25, -0.2) is 0 Å². The molecular weight excluding hydrogens is 254 g/mol. The zero-order valence-electron chi connectivity index (χ0n) is 11.1. The lowest BCUT2D eigenvalue weighted by molar-refractivity contribution is 0.679. The maximum Gasteiger partial charge on any atom is 0.0542 e. The van der Waals surface area contributed by atoms with E-state index < -0.39 is 0 Å². The molecule has 0 aliphatic heterocycles. The monoisotopic (exact) mass is 271 g/mol. The Bertz CT molecular complexity index is 540. The number of halogens is 1. The molecule has 0 radical (unpaired) electrons. The van der Waals surface area contributed by atoms with Crippen molar-refractivity contribution in [3.05, 3.63) is 64.7 Å². The lowest BCUT2D eigenvalue weighted by Gasteiger charge is -2.20. The first-order chi connectivity index (χ1) is 9.22. The summed E-state index contributed by atoms with van der Waals surface area (Å²) >= 11 is 5.97. The van der Waals surface area contributed by atoms with E-state index in [-0.39, 0.29) is 0 Å². The van der Waals surface area contributed by atoms with E-state index in [9.17, 15) is 0 Å². The Hall–Kier alpha value is -1.47. The third-order valence-corrected chi connectivity index (χ3v) is 3.95. The van der Waals surface area contributed by atoms with Crippen LogP contribution in [0.15, 0.2) is 48.5 Å². The highest BCUT2D eigenvalue weighted by atomic mass is 35.5. The van der Waals surface area contributed by atoms with Crippen LogP contribution in [0.25, 0.3) is 0 Å². The van der Waals surface area contributed by atoms with Crippen LogP contribution in [0.1, 0.15) is 30.0 Å². The molecule has 98 valence electrons. The van der Waals surface area contributed by atoms with Crippen molar-refractivity contribution in [3.8, 4) is 0 Å². The Morgan fingerprint density at radius 1 is 1.00 bits per heavy atom. The molecule has 1 aliphatic rings. The quantitative estimate of drug-likeness (QED) is 0.805. The van der Waals surface area contributed by atoms with Gasteiger partial charge in [0.25, 0.3) is 0 Å². The van der Waals surface area contributed by atoms with Crippen LogP contribution in [0, 0.1) is 12.8 Å². The van der Waals surface area contributed by atoms with Crippen LogP contribution < -0.4 is 5.32 Å². The molecule has 0 saturated heterocycles. The molecule has 1 atom stereocenters. The van der Waals surface area contributed by atoms with Crippen molar-refractivity contribution in [3.63, 3.8) is 0 Å². The summed E-state index contributed by atoms with van der Waals surface area (Å²) in [6.07, 6.45) is 2.62. The Labute approximate surface area is 119 Å². The zero-order valence-corrected chi connectivity index (χ0v) is 11.8. The number of hydrogen-bond donors (Lipinski definition) is 1. The molecule has 1 saturated carbocycles. The third kappa shape index (κ3) is 3.10. The number of aryl methyl sites for hydroxylation is 1. The van der Waals surface area contributed by atoms with Crippen molar-refractivity contribution >= 4 is 17.3 Å². The molecule has 1 aliphatic carbocycles. The Morgan fingerprint density at radius 2 is 1.63 bits per heavy atom. The highest BCUT2D eigenvalue weighted by Crippen LogP contribution is 2.43. The second-order valence-electron chi connectivity index (χ2n) is 5.38. The van der Waals surface area contributed by atoms with Crippen molar-refractivity contribution in [1.29, 1.82) is 0 Å². The summed E-state index contributed by atoms with van der Waals surface area (Å²) < 4.78 is 0. The summed E-state index contributed by atoms with van der Waals surface area (Å²) in [5.74, 6) is 0.752. The van der Waals surface area contributed by atoms with Crippen molar-refractivity contribution in [1.82, 2.24) is 0 Å². The minimum atomic E-state index is 0.403. The van der Waals surface area contributed by atoms with E-state index in [2.05, 4.69) is 48.6 Å². The molecule has 1 nitrogen and oxygen atoms in total. The first-order valence-corrected chi connectivity index (χ1v) is 7.19. The molecule has 2 aromatic carbocycles. The Morgan fingerprint density at radius 3 is 2.21 bits per heavy atom. The van der Waals surface area contributed by atoms with Crippen LogP contribution >= 0.6 is 11.6 Å². The summed E-state index contributed by atoms with van der Waals surface area (Å²) in [7, 11) is 0. The number of nitrogens with one attached hydrogen (secondary N) is 1. The minimum absolute atomic E-state index is 0.403. The predicted octanol–water partition coefficient (Wildman–Crippen LogP) is 5.21. The van der Waals surface area contributed by atoms with Crippen LogP contribution in [0.2, 0.25) is 5.02 Å². The van der Waals surface area contributed by atoms with Gasteiger partial charge in [0, 0.05) is 10.7 Å². The topological polar surface area (TPSA) is 12.0 Å². The van der Waals surface area contributed by atoms with E-state index in [4.69, 9.17) is 11.6 Å². The van der Waals surface area contributed by atoms with E-state index in [1.54, 1.807) is 0 Å². The normalized spacial score (nSPS) is 16.1. The summed E-state index contributed by atoms with van der Waals surface area (Å²) in [4.78, 5) is 0. The van der Waals surface area contributed by atoms with E-state index in [1.165, 1.54) is 29.7 Å². The van der Waals surface area contributed by atoms with Gasteiger partial charge < -0.3 is 5.32 Å². The van der Waals surface area contributed by atoms with Gasteiger partial charge in [-0.3, -0.25) is 0 Å². The van der Waals surface area contributed by atoms with Crippen molar-refractivity contribution in [2.24, 2.45) is 5.92 Å². The van der Waals surface area contributed by atoms with Gasteiger partial charge in [0.05, 0.1) is 6.04 Å². The molecule has 1 unspecified atom stereocenters. The van der Waals surface area contributed by atoms with Crippen LogP contribution in [-0.2, 0) is 0 Å². The number of rotatable bonds is 4. The van der Waals surface area contributed by atoms with Crippen LogP contribution in [0.5, 0.6) is 0 Å². The average Bonchev–Trinajstić information content (AvgIpc) is 3.24. The molecule has 1 N–H and O–H groups in total. The van der Waals surface area contributed by atoms with E-state index in [1.807, 2.05) is 12.1 Å². The van der Waals surface area contributed by atoms with Gasteiger partial charge in [0.15, 0.2) is 0 Å². The maximum atomic E-state index is 5.97. The lowest BCUT2D eigenvalue weighted by Crippen LogP contribution is -2.12. The van der Waals surface area contributed by atoms with Gasteiger partial charge >= 0.3 is 0 Å². The second kappa shape index (κ2) is 5.26. The molecule has 0 bridgehead atoms. The van der Waals surface area contributed by atoms with Crippen molar-refractivity contribution in [2.45, 2.75) is 25.8 Å². The standard InChI is InChI=1S/C17H18ClN/c1-12-2-10-16(11-3-12)19-17(13-4-5-13)14-6-8-15(18)9-7-14/h2-3,6-11,13,17,19H,4-5H2,1H3. The second-order valence-corrected chi connectivity index (χ2v) is 5.81. The molecule has 0 heterocycles. The van der Waals surface area contributed by atoms with Gasteiger partial charge in [-0.05, 0) is 55.5 Å². The molecule has 1 fully saturated rings. The first-order valence-electron chi connectivity index (χ1n) is 6.81. The zero-order chi connectivity index (χ0) is 13.2. The smallest absolute Gasteiger partial charge is 0.0542 e. The van der Waals surface area contributed by atoms with Gasteiger partial charge in [0.2, 0.25) is 0 Å². The van der Waals surface area contributed by atoms with Gasteiger partial charge in [-0.2, -0.15) is 0 Å². The van der Waals surface area contributed by atoms with Gasteiger partial charge in [0.1, 0.15) is 0 Å². The highest BCUT2D eigenvalue weighted by Gasteiger charge is 2.32. The molecule has 19 heavy (non-hydrogen) atoms. The molecule has 0 spiro atoms. The summed E-state index contributed by atoms with van der Waals surface area (Å²) in [5, 5.41) is 4.46. The lowest BCUT2D eigenvalue weighted by atomic mass is 10.0. The van der Waals surface area contributed by atoms with Gasteiger partial charge in [-0.1, -0.05) is 41.4 Å². The fraction of sp³-hybridized carbons (Fsp3) is 0.294. The summed E-state index contributed by atoms with van der Waals surface area (Å²) in [6, 6.07) is 17.2. The van der Waals surface area contributed by atoms with E-state index >= 15 is 0 Å². The number of anilines is 1. The molecule has 3 rings (SSSR count). The molecule has 0 amide bonds. The van der Waals surface area contributed by atoms with E-state index in [0.29, 0.717) is 6.04 Å². The van der Waals surface area contributed by atoms with Crippen LogP contribution in [0.3, 0.4) is 0 Å². The fourth-order valence-corrected chi connectivity index (χ4v) is 2.53. The minimum Gasteiger partial charge on any atom is -0.378 e. The predicted molar refractivity (Wildman–Crippen MR) is 81.7 cm³/mol. The highest BCUT2D eigenvalue weighted by molar-refractivity contribution is 6.30. The SMILES string of the molecule is Cc1ccc(NC(c2ccc(Cl)cc2)C2CC2)cc1. The fourth-order valence-electron chi connectivity index (χ4n) is 2.40.